The predicted octanol–water partition coefficient (Wildman–Crippen LogP) is 4.26. The van der Waals surface area contributed by atoms with E-state index >= 15 is 0 Å². The topological polar surface area (TPSA) is 69.4 Å². The van der Waals surface area contributed by atoms with Gasteiger partial charge in [-0.2, -0.15) is 0 Å². The number of hydrogen-bond donors (Lipinski definition) is 0. The van der Waals surface area contributed by atoms with Crippen LogP contribution in [0.1, 0.15) is 23.7 Å². The smallest absolute Gasteiger partial charge is 0.311 e. The first kappa shape index (κ1) is 15.6. The van der Waals surface area contributed by atoms with Crippen LogP contribution in [0.4, 0.5) is 14.5 Å². The number of halogens is 2. The maximum absolute atomic E-state index is 13.6. The number of Topliss-reactive ketones (excluding diaryl/α,β-unsaturated/α-hetero) is 1. The van der Waals surface area contributed by atoms with E-state index in [1.807, 2.05) is 0 Å². The van der Waals surface area contributed by atoms with E-state index in [0.717, 1.165) is 18.2 Å². The van der Waals surface area contributed by atoms with Crippen LogP contribution in [-0.2, 0) is 0 Å². The maximum Gasteiger partial charge on any atom is 0.311 e. The summed E-state index contributed by atoms with van der Waals surface area (Å²) in [5.74, 6) is -2.68. The van der Waals surface area contributed by atoms with Crippen molar-refractivity contribution in [1.82, 2.24) is 0 Å². The average Bonchev–Trinajstić information content (AvgIpc) is 2.49. The van der Waals surface area contributed by atoms with Gasteiger partial charge in [-0.3, -0.25) is 14.9 Å². The van der Waals surface area contributed by atoms with Gasteiger partial charge in [-0.15, -0.1) is 0 Å². The second kappa shape index (κ2) is 6.30. The Morgan fingerprint density at radius 3 is 2.50 bits per heavy atom. The highest BCUT2D eigenvalue weighted by atomic mass is 19.1. The highest BCUT2D eigenvalue weighted by molar-refractivity contribution is 5.96. The summed E-state index contributed by atoms with van der Waals surface area (Å²) >= 11 is 0. The fourth-order valence-corrected chi connectivity index (χ4v) is 1.80. The Balaban J connectivity index is 2.46. The molecule has 0 atom stereocenters. The summed E-state index contributed by atoms with van der Waals surface area (Å²) in [6, 6.07) is 6.17. The lowest BCUT2D eigenvalue weighted by molar-refractivity contribution is -0.385. The van der Waals surface area contributed by atoms with Crippen LogP contribution in [0.15, 0.2) is 36.4 Å². The summed E-state index contributed by atoms with van der Waals surface area (Å²) in [5.41, 5.74) is -0.206. The Labute approximate surface area is 124 Å². The molecule has 0 N–H and O–H groups in total. The molecular weight excluding hydrogens is 296 g/mol. The van der Waals surface area contributed by atoms with E-state index in [4.69, 9.17) is 4.74 Å². The van der Waals surface area contributed by atoms with Crippen molar-refractivity contribution >= 4 is 11.5 Å². The lowest BCUT2D eigenvalue weighted by Crippen LogP contribution is -2.00. The number of rotatable bonds is 5. The molecule has 22 heavy (non-hydrogen) atoms. The lowest BCUT2D eigenvalue weighted by Gasteiger charge is -2.08. The molecule has 7 heteroatoms. The van der Waals surface area contributed by atoms with Crippen molar-refractivity contribution in [3.05, 3.63) is 63.7 Å². The standard InChI is InChI=1S/C15H11F2NO4/c1-2-13(19)9-3-5-12(18(20)21)15(7-9)22-14-6-4-10(16)8-11(14)17/h3-8H,2H2,1H3. The molecule has 0 spiro atoms. The predicted molar refractivity (Wildman–Crippen MR) is 74.1 cm³/mol. The third-order valence-corrected chi connectivity index (χ3v) is 2.91. The van der Waals surface area contributed by atoms with E-state index in [1.165, 1.54) is 12.1 Å². The molecule has 0 radical (unpaired) electrons. The quantitative estimate of drug-likeness (QED) is 0.470. The third kappa shape index (κ3) is 3.25. The van der Waals surface area contributed by atoms with Crippen molar-refractivity contribution < 1.29 is 23.2 Å². The van der Waals surface area contributed by atoms with E-state index in [2.05, 4.69) is 0 Å². The zero-order valence-corrected chi connectivity index (χ0v) is 11.5. The van der Waals surface area contributed by atoms with Gasteiger partial charge in [-0.1, -0.05) is 6.92 Å². The van der Waals surface area contributed by atoms with Crippen molar-refractivity contribution in [2.24, 2.45) is 0 Å². The Morgan fingerprint density at radius 1 is 1.18 bits per heavy atom. The van der Waals surface area contributed by atoms with Crippen molar-refractivity contribution in [1.29, 1.82) is 0 Å². The minimum absolute atomic E-state index is 0.210. The molecule has 0 heterocycles. The second-order valence-electron chi connectivity index (χ2n) is 4.39. The SMILES string of the molecule is CCC(=O)c1ccc([N+](=O)[O-])c(Oc2ccc(F)cc2F)c1. The number of ketones is 1. The Morgan fingerprint density at radius 2 is 1.91 bits per heavy atom. The van der Waals surface area contributed by atoms with Gasteiger partial charge in [-0.05, 0) is 24.3 Å². The van der Waals surface area contributed by atoms with Crippen LogP contribution in [0.5, 0.6) is 11.5 Å². The Hall–Kier alpha value is -2.83. The largest absolute Gasteiger partial charge is 0.447 e. The molecule has 0 saturated carbocycles. The fourth-order valence-electron chi connectivity index (χ4n) is 1.80. The first-order valence-electron chi connectivity index (χ1n) is 6.37. The molecule has 114 valence electrons. The molecule has 2 aromatic rings. The number of carbonyl (C=O) groups is 1. The molecule has 2 rings (SSSR count). The zero-order chi connectivity index (χ0) is 16.3. The molecule has 5 nitrogen and oxygen atoms in total. The molecule has 0 saturated heterocycles. The molecule has 2 aromatic carbocycles. The van der Waals surface area contributed by atoms with Gasteiger partial charge < -0.3 is 4.74 Å². The Bertz CT molecular complexity index is 746. The van der Waals surface area contributed by atoms with E-state index in [1.54, 1.807) is 6.92 Å². The number of benzene rings is 2. The first-order valence-corrected chi connectivity index (χ1v) is 6.37. The van der Waals surface area contributed by atoms with Crippen molar-refractivity contribution in [2.75, 3.05) is 0 Å². The summed E-state index contributed by atoms with van der Waals surface area (Å²) in [6.07, 6.45) is 0.210. The van der Waals surface area contributed by atoms with Crippen LogP contribution in [-0.4, -0.2) is 10.7 Å². The van der Waals surface area contributed by atoms with Gasteiger partial charge in [0.15, 0.2) is 17.3 Å². The van der Waals surface area contributed by atoms with Gasteiger partial charge in [0.2, 0.25) is 5.75 Å². The minimum atomic E-state index is -0.999. The third-order valence-electron chi connectivity index (χ3n) is 2.91. The van der Waals surface area contributed by atoms with Gasteiger partial charge >= 0.3 is 5.69 Å². The number of ether oxygens (including phenoxy) is 1. The average molecular weight is 307 g/mol. The van der Waals surface area contributed by atoms with Gasteiger partial charge in [-0.25, -0.2) is 8.78 Å². The van der Waals surface area contributed by atoms with Crippen molar-refractivity contribution in [3.63, 3.8) is 0 Å². The molecule has 0 aliphatic carbocycles. The number of nitrogens with zero attached hydrogens (tertiary/aromatic N) is 1. The maximum atomic E-state index is 13.6. The highest BCUT2D eigenvalue weighted by Gasteiger charge is 2.19. The minimum Gasteiger partial charge on any atom is -0.447 e. The van der Waals surface area contributed by atoms with Crippen LogP contribution in [0.2, 0.25) is 0 Å². The number of carbonyl (C=O) groups excluding carboxylic acids is 1. The van der Waals surface area contributed by atoms with Crippen molar-refractivity contribution in [2.45, 2.75) is 13.3 Å². The van der Waals surface area contributed by atoms with E-state index in [0.29, 0.717) is 6.07 Å². The summed E-state index contributed by atoms with van der Waals surface area (Å²) in [6.45, 7) is 1.64. The normalized spacial score (nSPS) is 10.3. The van der Waals surface area contributed by atoms with Gasteiger partial charge in [0, 0.05) is 24.1 Å². The molecule has 0 aliphatic rings. The van der Waals surface area contributed by atoms with Crippen LogP contribution < -0.4 is 4.74 Å². The molecule has 0 amide bonds. The highest BCUT2D eigenvalue weighted by Crippen LogP contribution is 2.33. The van der Waals surface area contributed by atoms with E-state index < -0.39 is 22.2 Å². The molecule has 0 aromatic heterocycles. The molecule has 0 aliphatic heterocycles. The first-order chi connectivity index (χ1) is 10.4. The summed E-state index contributed by atoms with van der Waals surface area (Å²) in [4.78, 5) is 21.9. The summed E-state index contributed by atoms with van der Waals surface area (Å²) in [5, 5.41) is 11.0. The van der Waals surface area contributed by atoms with Gasteiger partial charge in [0.05, 0.1) is 4.92 Å². The van der Waals surface area contributed by atoms with Gasteiger partial charge in [0.25, 0.3) is 0 Å². The van der Waals surface area contributed by atoms with Crippen LogP contribution >= 0.6 is 0 Å². The van der Waals surface area contributed by atoms with Crippen LogP contribution in [0, 0.1) is 21.7 Å². The fraction of sp³-hybridized carbons (Fsp3) is 0.133. The van der Waals surface area contributed by atoms with Crippen LogP contribution in [0.25, 0.3) is 0 Å². The summed E-state index contributed by atoms with van der Waals surface area (Å²) in [7, 11) is 0. The lowest BCUT2D eigenvalue weighted by atomic mass is 10.1. The zero-order valence-electron chi connectivity index (χ0n) is 11.5. The number of hydrogen-bond acceptors (Lipinski definition) is 4. The molecular formula is C15H11F2NO4. The number of nitro groups is 1. The number of nitro benzene ring substituents is 1. The van der Waals surface area contributed by atoms with Crippen LogP contribution in [0.3, 0.4) is 0 Å². The van der Waals surface area contributed by atoms with E-state index in [9.17, 15) is 23.7 Å². The molecule has 0 fully saturated rings. The molecule has 0 unspecified atom stereocenters. The van der Waals surface area contributed by atoms with E-state index in [-0.39, 0.29) is 29.3 Å². The molecule has 0 bridgehead atoms. The monoisotopic (exact) mass is 307 g/mol. The second-order valence-corrected chi connectivity index (χ2v) is 4.39. The van der Waals surface area contributed by atoms with Gasteiger partial charge in [0.1, 0.15) is 5.82 Å². The summed E-state index contributed by atoms with van der Waals surface area (Å²) < 4.78 is 31.6. The Kier molecular flexibility index (Phi) is 4.45. The van der Waals surface area contributed by atoms with Crippen molar-refractivity contribution in [3.8, 4) is 11.5 Å².